The van der Waals surface area contributed by atoms with Gasteiger partial charge in [0.25, 0.3) is 0 Å². The molecule has 1 aliphatic heterocycles. The van der Waals surface area contributed by atoms with Gasteiger partial charge in [0, 0.05) is 36.8 Å². The molecule has 0 spiro atoms. The van der Waals surface area contributed by atoms with Crippen molar-refractivity contribution in [1.82, 2.24) is 20.3 Å². The molecular formula is C31H34FN5O4. The van der Waals surface area contributed by atoms with E-state index in [9.17, 15) is 4.39 Å². The van der Waals surface area contributed by atoms with Crippen molar-refractivity contribution in [2.24, 2.45) is 0 Å². The van der Waals surface area contributed by atoms with Gasteiger partial charge in [0.15, 0.2) is 11.5 Å². The van der Waals surface area contributed by atoms with E-state index >= 15 is 0 Å². The second kappa shape index (κ2) is 13.9. The lowest BCUT2D eigenvalue weighted by Gasteiger charge is -2.26. The highest BCUT2D eigenvalue weighted by molar-refractivity contribution is 5.93. The average molecular weight is 560 g/mol. The Kier molecular flexibility index (Phi) is 9.58. The van der Waals surface area contributed by atoms with Crippen LogP contribution in [-0.4, -0.2) is 61.4 Å². The summed E-state index contributed by atoms with van der Waals surface area (Å²) >= 11 is 0. The predicted molar refractivity (Wildman–Crippen MR) is 157 cm³/mol. The summed E-state index contributed by atoms with van der Waals surface area (Å²) < 4.78 is 30.2. The minimum Gasteiger partial charge on any atom is -0.493 e. The number of hydroxylamine groups is 1. The highest BCUT2D eigenvalue weighted by Gasteiger charge is 2.14. The van der Waals surface area contributed by atoms with Crippen LogP contribution in [0.5, 0.6) is 11.5 Å². The summed E-state index contributed by atoms with van der Waals surface area (Å²) in [5.41, 5.74) is 6.75. The predicted octanol–water partition coefficient (Wildman–Crippen LogP) is 5.31. The second-order valence-electron chi connectivity index (χ2n) is 9.60. The number of methoxy groups -OCH3 is 1. The lowest BCUT2D eigenvalue weighted by atomic mass is 10.1. The SMILES string of the molecule is C=C(NOCc1ccc(F)cc1)c1ccc(Nc2ncnc3cc(OC)c(OCCCN4CCOCC4)cc23)cc1. The van der Waals surface area contributed by atoms with Crippen LogP contribution in [-0.2, 0) is 16.2 Å². The number of rotatable bonds is 13. The quantitative estimate of drug-likeness (QED) is 0.167. The highest BCUT2D eigenvalue weighted by atomic mass is 19.1. The maximum absolute atomic E-state index is 13.1. The number of benzene rings is 3. The fraction of sp³-hybridized carbons (Fsp3) is 0.290. The zero-order valence-corrected chi connectivity index (χ0v) is 23.1. The Morgan fingerprint density at radius 2 is 1.80 bits per heavy atom. The zero-order chi connectivity index (χ0) is 28.4. The van der Waals surface area contributed by atoms with Crippen molar-refractivity contribution in [3.05, 3.63) is 90.5 Å². The smallest absolute Gasteiger partial charge is 0.162 e. The van der Waals surface area contributed by atoms with Crippen LogP contribution in [0, 0.1) is 5.82 Å². The number of hydrogen-bond donors (Lipinski definition) is 2. The molecule has 0 atom stereocenters. The lowest BCUT2D eigenvalue weighted by molar-refractivity contribution is 0.0357. The van der Waals surface area contributed by atoms with Gasteiger partial charge in [-0.3, -0.25) is 15.2 Å². The second-order valence-corrected chi connectivity index (χ2v) is 9.60. The standard InChI is InChI=1S/C31H34FN5O4/c1-22(36-41-20-23-4-8-25(32)9-5-23)24-6-10-26(11-7-24)35-31-27-18-30(29(38-2)19-28(27)33-21-34-31)40-15-3-12-37-13-16-39-17-14-37/h4-11,18-19,21,36H,1,3,12-17,20H2,2H3,(H,33,34,35). The first kappa shape index (κ1) is 28.3. The van der Waals surface area contributed by atoms with E-state index in [2.05, 4.69) is 32.2 Å². The van der Waals surface area contributed by atoms with Gasteiger partial charge in [-0.2, -0.15) is 0 Å². The maximum Gasteiger partial charge on any atom is 0.162 e. The number of halogens is 1. The van der Waals surface area contributed by atoms with Crippen LogP contribution >= 0.6 is 0 Å². The first-order valence-corrected chi connectivity index (χ1v) is 13.5. The summed E-state index contributed by atoms with van der Waals surface area (Å²) in [6.45, 7) is 9.36. The number of nitrogens with zero attached hydrogens (tertiary/aromatic N) is 3. The van der Waals surface area contributed by atoms with Gasteiger partial charge in [-0.1, -0.05) is 30.8 Å². The van der Waals surface area contributed by atoms with E-state index < -0.39 is 0 Å². The van der Waals surface area contributed by atoms with Gasteiger partial charge in [-0.05, 0) is 47.9 Å². The zero-order valence-electron chi connectivity index (χ0n) is 23.1. The van der Waals surface area contributed by atoms with Crippen molar-refractivity contribution >= 4 is 28.1 Å². The lowest BCUT2D eigenvalue weighted by Crippen LogP contribution is -2.37. The van der Waals surface area contributed by atoms with E-state index in [1.807, 2.05) is 36.4 Å². The van der Waals surface area contributed by atoms with E-state index in [-0.39, 0.29) is 12.4 Å². The van der Waals surface area contributed by atoms with Crippen molar-refractivity contribution in [3.8, 4) is 11.5 Å². The molecule has 0 unspecified atom stereocenters. The Labute approximate surface area is 238 Å². The number of ether oxygens (including phenoxy) is 3. The molecule has 1 aliphatic rings. The summed E-state index contributed by atoms with van der Waals surface area (Å²) in [5, 5.41) is 4.20. The van der Waals surface area contributed by atoms with E-state index in [4.69, 9.17) is 19.0 Å². The molecule has 0 saturated carbocycles. The van der Waals surface area contributed by atoms with E-state index in [0.717, 1.165) is 67.0 Å². The molecule has 4 aromatic rings. The third-order valence-electron chi connectivity index (χ3n) is 6.74. The summed E-state index contributed by atoms with van der Waals surface area (Å²) in [5.74, 6) is 1.66. The van der Waals surface area contributed by atoms with Crippen molar-refractivity contribution in [2.45, 2.75) is 13.0 Å². The van der Waals surface area contributed by atoms with Crippen LogP contribution in [0.2, 0.25) is 0 Å². The normalized spacial score (nSPS) is 13.6. The van der Waals surface area contributed by atoms with Crippen LogP contribution in [0.25, 0.3) is 16.6 Å². The first-order valence-electron chi connectivity index (χ1n) is 13.5. The maximum atomic E-state index is 13.1. The third kappa shape index (κ3) is 7.69. The molecule has 1 aromatic heterocycles. The van der Waals surface area contributed by atoms with Crippen LogP contribution in [0.1, 0.15) is 17.5 Å². The molecule has 0 aliphatic carbocycles. The van der Waals surface area contributed by atoms with Gasteiger partial charge >= 0.3 is 0 Å². The van der Waals surface area contributed by atoms with Gasteiger partial charge in [0.05, 0.1) is 44.8 Å². The van der Waals surface area contributed by atoms with Crippen LogP contribution in [0.15, 0.2) is 73.6 Å². The monoisotopic (exact) mass is 559 g/mol. The molecule has 0 radical (unpaired) electrons. The Bertz CT molecular complexity index is 1440. The Morgan fingerprint density at radius 3 is 2.56 bits per heavy atom. The van der Waals surface area contributed by atoms with Gasteiger partial charge in [0.1, 0.15) is 18.0 Å². The van der Waals surface area contributed by atoms with Gasteiger partial charge in [-0.25, -0.2) is 14.4 Å². The highest BCUT2D eigenvalue weighted by Crippen LogP contribution is 2.35. The molecule has 2 heterocycles. The van der Waals surface area contributed by atoms with E-state index in [0.29, 0.717) is 29.6 Å². The summed E-state index contributed by atoms with van der Waals surface area (Å²) in [7, 11) is 1.63. The Morgan fingerprint density at radius 1 is 1.02 bits per heavy atom. The number of fused-ring (bicyclic) bond motifs is 1. The fourth-order valence-corrected chi connectivity index (χ4v) is 4.47. The van der Waals surface area contributed by atoms with Crippen LogP contribution < -0.4 is 20.3 Å². The molecular weight excluding hydrogens is 525 g/mol. The summed E-state index contributed by atoms with van der Waals surface area (Å²) in [6, 6.07) is 17.7. The van der Waals surface area contributed by atoms with E-state index in [1.165, 1.54) is 18.5 Å². The minimum absolute atomic E-state index is 0.279. The number of nitrogens with one attached hydrogen (secondary N) is 2. The molecule has 0 amide bonds. The van der Waals surface area contributed by atoms with Gasteiger partial charge < -0.3 is 19.5 Å². The molecule has 1 saturated heterocycles. The molecule has 0 bridgehead atoms. The Hall–Kier alpha value is -4.25. The molecule has 5 rings (SSSR count). The topological polar surface area (TPSA) is 90.0 Å². The van der Waals surface area contributed by atoms with Crippen molar-refractivity contribution in [1.29, 1.82) is 0 Å². The minimum atomic E-state index is -0.279. The number of hydrogen-bond acceptors (Lipinski definition) is 9. The van der Waals surface area contributed by atoms with E-state index in [1.54, 1.807) is 19.2 Å². The molecule has 3 aromatic carbocycles. The number of morpholine rings is 1. The van der Waals surface area contributed by atoms with Gasteiger partial charge in [0.2, 0.25) is 0 Å². The van der Waals surface area contributed by atoms with Crippen LogP contribution in [0.3, 0.4) is 0 Å². The van der Waals surface area contributed by atoms with Gasteiger partial charge in [-0.15, -0.1) is 0 Å². The molecule has 2 N–H and O–H groups in total. The average Bonchev–Trinajstić information content (AvgIpc) is 3.01. The van der Waals surface area contributed by atoms with Crippen molar-refractivity contribution in [3.63, 3.8) is 0 Å². The molecule has 41 heavy (non-hydrogen) atoms. The summed E-state index contributed by atoms with van der Waals surface area (Å²) in [4.78, 5) is 16.8. The Balaban J connectivity index is 1.20. The molecule has 9 nitrogen and oxygen atoms in total. The number of aromatic nitrogens is 2. The van der Waals surface area contributed by atoms with Crippen LogP contribution in [0.4, 0.5) is 15.9 Å². The largest absolute Gasteiger partial charge is 0.493 e. The van der Waals surface area contributed by atoms with Crippen molar-refractivity contribution in [2.75, 3.05) is 51.9 Å². The van der Waals surface area contributed by atoms with Crippen molar-refractivity contribution < 1.29 is 23.4 Å². The molecule has 214 valence electrons. The summed E-state index contributed by atoms with van der Waals surface area (Å²) in [6.07, 6.45) is 2.42. The first-order chi connectivity index (χ1) is 20.1. The fourth-order valence-electron chi connectivity index (χ4n) is 4.47. The molecule has 10 heteroatoms. The third-order valence-corrected chi connectivity index (χ3v) is 6.74. The number of anilines is 2. The molecule has 1 fully saturated rings.